The molecule has 1 aromatic rings. The Morgan fingerprint density at radius 3 is 2.53 bits per heavy atom. The van der Waals surface area contributed by atoms with Gasteiger partial charge in [-0.15, -0.1) is 0 Å². The van der Waals surface area contributed by atoms with E-state index in [1.807, 2.05) is 25.9 Å². The number of carbonyl (C=O) groups is 1. The fourth-order valence-corrected chi connectivity index (χ4v) is 1.50. The molecule has 0 fully saturated rings. The Kier molecular flexibility index (Phi) is 4.25. The van der Waals surface area contributed by atoms with Crippen LogP contribution in [0.25, 0.3) is 0 Å². The molecule has 0 unspecified atom stereocenters. The fourth-order valence-electron chi connectivity index (χ4n) is 1.50. The molecule has 6 heteroatoms. The molecule has 1 N–H and O–H groups in total. The van der Waals surface area contributed by atoms with E-state index in [9.17, 15) is 4.79 Å². The van der Waals surface area contributed by atoms with Gasteiger partial charge in [0.25, 0.3) is 0 Å². The molecular weight excluding hydrogens is 218 g/mol. The number of hydrogen-bond acceptors (Lipinski definition) is 5. The first-order chi connectivity index (χ1) is 7.97. The number of rotatable bonds is 4. The summed E-state index contributed by atoms with van der Waals surface area (Å²) in [6, 6.07) is 0. The van der Waals surface area contributed by atoms with Crippen molar-refractivity contribution in [2.75, 3.05) is 45.0 Å². The van der Waals surface area contributed by atoms with E-state index in [0.29, 0.717) is 6.54 Å². The molecule has 0 aliphatic heterocycles. The van der Waals surface area contributed by atoms with Gasteiger partial charge in [0.05, 0.1) is 6.54 Å². The van der Waals surface area contributed by atoms with Crippen LogP contribution in [0.2, 0.25) is 0 Å². The second kappa shape index (κ2) is 5.47. The van der Waals surface area contributed by atoms with Gasteiger partial charge in [0.2, 0.25) is 5.91 Å². The van der Waals surface area contributed by atoms with Gasteiger partial charge in [0.1, 0.15) is 18.0 Å². The normalized spacial score (nSPS) is 9.94. The monoisotopic (exact) mass is 237 g/mol. The summed E-state index contributed by atoms with van der Waals surface area (Å²) in [4.78, 5) is 23.3. The SMILES string of the molecule is CNc1ncnc(N(C)CC(=O)N(C)C)c1C. The van der Waals surface area contributed by atoms with Crippen LogP contribution in [-0.4, -0.2) is 55.5 Å². The molecule has 0 aromatic carbocycles. The third kappa shape index (κ3) is 3.05. The van der Waals surface area contributed by atoms with Crippen molar-refractivity contribution in [3.8, 4) is 0 Å². The molecule has 0 aliphatic carbocycles. The quantitative estimate of drug-likeness (QED) is 0.819. The molecule has 1 rings (SSSR count). The molecule has 1 heterocycles. The first-order valence-electron chi connectivity index (χ1n) is 5.38. The average molecular weight is 237 g/mol. The number of aromatic nitrogens is 2. The summed E-state index contributed by atoms with van der Waals surface area (Å²) in [7, 11) is 7.13. The second-order valence-electron chi connectivity index (χ2n) is 4.07. The molecule has 1 aromatic heterocycles. The van der Waals surface area contributed by atoms with Crippen LogP contribution in [0.15, 0.2) is 6.33 Å². The number of hydrogen-bond donors (Lipinski definition) is 1. The molecule has 0 saturated heterocycles. The van der Waals surface area contributed by atoms with Gasteiger partial charge in [-0.2, -0.15) is 0 Å². The largest absolute Gasteiger partial charge is 0.373 e. The lowest BCUT2D eigenvalue weighted by Gasteiger charge is -2.22. The van der Waals surface area contributed by atoms with Crippen molar-refractivity contribution in [2.24, 2.45) is 0 Å². The summed E-state index contributed by atoms with van der Waals surface area (Å²) in [5, 5.41) is 2.99. The van der Waals surface area contributed by atoms with Crippen molar-refractivity contribution in [1.29, 1.82) is 0 Å². The summed E-state index contributed by atoms with van der Waals surface area (Å²) in [5.41, 5.74) is 0.934. The molecule has 0 radical (unpaired) electrons. The van der Waals surface area contributed by atoms with E-state index in [1.54, 1.807) is 19.0 Å². The van der Waals surface area contributed by atoms with Crippen molar-refractivity contribution in [3.05, 3.63) is 11.9 Å². The molecule has 0 aliphatic rings. The topological polar surface area (TPSA) is 61.4 Å². The highest BCUT2D eigenvalue weighted by molar-refractivity contribution is 5.81. The maximum absolute atomic E-state index is 11.6. The first kappa shape index (κ1) is 13.2. The number of nitrogens with one attached hydrogen (secondary N) is 1. The Morgan fingerprint density at radius 1 is 1.35 bits per heavy atom. The molecule has 1 amide bonds. The Hall–Kier alpha value is -1.85. The standard InChI is InChI=1S/C11H19N5O/c1-8-10(12-2)13-7-14-11(8)16(5)6-9(17)15(3)4/h7H,6H2,1-5H3,(H,12,13,14). The molecular formula is C11H19N5O. The lowest BCUT2D eigenvalue weighted by Crippen LogP contribution is -2.35. The number of carbonyl (C=O) groups excluding carboxylic acids is 1. The van der Waals surface area contributed by atoms with Gasteiger partial charge in [-0.25, -0.2) is 9.97 Å². The number of nitrogens with zero attached hydrogens (tertiary/aromatic N) is 4. The van der Waals surface area contributed by atoms with Crippen LogP contribution in [0.4, 0.5) is 11.6 Å². The molecule has 17 heavy (non-hydrogen) atoms. The van der Waals surface area contributed by atoms with Gasteiger partial charge in [-0.05, 0) is 6.92 Å². The highest BCUT2D eigenvalue weighted by Gasteiger charge is 2.14. The van der Waals surface area contributed by atoms with Crippen LogP contribution >= 0.6 is 0 Å². The highest BCUT2D eigenvalue weighted by Crippen LogP contribution is 2.20. The number of amides is 1. The van der Waals surface area contributed by atoms with Gasteiger partial charge < -0.3 is 15.1 Å². The predicted molar refractivity (Wildman–Crippen MR) is 68.3 cm³/mol. The van der Waals surface area contributed by atoms with Crippen LogP contribution in [0, 0.1) is 6.92 Å². The van der Waals surface area contributed by atoms with E-state index in [1.165, 1.54) is 6.33 Å². The Morgan fingerprint density at radius 2 is 2.00 bits per heavy atom. The predicted octanol–water partition coefficient (Wildman–Crippen LogP) is 0.351. The highest BCUT2D eigenvalue weighted by atomic mass is 16.2. The van der Waals surface area contributed by atoms with Gasteiger partial charge in [0, 0.05) is 33.8 Å². The van der Waals surface area contributed by atoms with Crippen LogP contribution in [0.3, 0.4) is 0 Å². The zero-order chi connectivity index (χ0) is 13.0. The summed E-state index contributed by atoms with van der Waals surface area (Å²) >= 11 is 0. The molecule has 94 valence electrons. The minimum absolute atomic E-state index is 0.0384. The molecule has 0 spiro atoms. The average Bonchev–Trinajstić information content (AvgIpc) is 2.28. The number of likely N-dealkylation sites (N-methyl/N-ethyl adjacent to an activating group) is 2. The van der Waals surface area contributed by atoms with E-state index in [2.05, 4.69) is 15.3 Å². The van der Waals surface area contributed by atoms with E-state index in [0.717, 1.165) is 17.2 Å². The van der Waals surface area contributed by atoms with Crippen molar-refractivity contribution >= 4 is 17.5 Å². The van der Waals surface area contributed by atoms with E-state index in [-0.39, 0.29) is 5.91 Å². The van der Waals surface area contributed by atoms with E-state index in [4.69, 9.17) is 0 Å². The minimum Gasteiger partial charge on any atom is -0.373 e. The summed E-state index contributed by atoms with van der Waals surface area (Å²) in [6.07, 6.45) is 1.49. The van der Waals surface area contributed by atoms with Gasteiger partial charge in [-0.3, -0.25) is 4.79 Å². The summed E-state index contributed by atoms with van der Waals surface area (Å²) < 4.78 is 0. The second-order valence-corrected chi connectivity index (χ2v) is 4.07. The third-order valence-electron chi connectivity index (χ3n) is 2.53. The van der Waals surface area contributed by atoms with Crippen LogP contribution in [0.1, 0.15) is 5.56 Å². The zero-order valence-corrected chi connectivity index (χ0v) is 11.0. The van der Waals surface area contributed by atoms with E-state index >= 15 is 0 Å². The smallest absolute Gasteiger partial charge is 0.241 e. The summed E-state index contributed by atoms with van der Waals surface area (Å²) in [6.45, 7) is 2.23. The van der Waals surface area contributed by atoms with Gasteiger partial charge in [0.15, 0.2) is 0 Å². The van der Waals surface area contributed by atoms with Gasteiger partial charge in [-0.1, -0.05) is 0 Å². The number of anilines is 2. The Bertz CT molecular complexity index is 405. The zero-order valence-electron chi connectivity index (χ0n) is 11.0. The third-order valence-corrected chi connectivity index (χ3v) is 2.53. The Balaban J connectivity index is 2.89. The van der Waals surface area contributed by atoms with Crippen LogP contribution in [0.5, 0.6) is 0 Å². The van der Waals surface area contributed by atoms with Crippen LogP contribution < -0.4 is 10.2 Å². The van der Waals surface area contributed by atoms with Crippen LogP contribution in [-0.2, 0) is 4.79 Å². The molecule has 0 saturated carbocycles. The maximum Gasteiger partial charge on any atom is 0.241 e. The fraction of sp³-hybridized carbons (Fsp3) is 0.545. The minimum atomic E-state index is 0.0384. The lowest BCUT2D eigenvalue weighted by molar-refractivity contribution is -0.127. The van der Waals surface area contributed by atoms with Crippen molar-refractivity contribution < 1.29 is 4.79 Å². The molecule has 6 nitrogen and oxygen atoms in total. The van der Waals surface area contributed by atoms with Crippen molar-refractivity contribution in [3.63, 3.8) is 0 Å². The van der Waals surface area contributed by atoms with E-state index < -0.39 is 0 Å². The first-order valence-corrected chi connectivity index (χ1v) is 5.38. The van der Waals surface area contributed by atoms with Crippen molar-refractivity contribution in [1.82, 2.24) is 14.9 Å². The summed E-state index contributed by atoms with van der Waals surface area (Å²) in [5.74, 6) is 1.58. The molecule has 0 bridgehead atoms. The Labute approximate surface area is 102 Å². The van der Waals surface area contributed by atoms with Crippen molar-refractivity contribution in [2.45, 2.75) is 6.92 Å². The molecule has 0 atom stereocenters. The lowest BCUT2D eigenvalue weighted by atomic mass is 10.3. The maximum atomic E-state index is 11.6. The van der Waals surface area contributed by atoms with Gasteiger partial charge >= 0.3 is 0 Å².